The van der Waals surface area contributed by atoms with Crippen LogP contribution in [0, 0.1) is 0 Å². The van der Waals surface area contributed by atoms with Crippen molar-refractivity contribution in [3.8, 4) is 16.9 Å². The predicted octanol–water partition coefficient (Wildman–Crippen LogP) is 4.83. The van der Waals surface area contributed by atoms with Gasteiger partial charge in [0.15, 0.2) is 0 Å². The highest BCUT2D eigenvalue weighted by Crippen LogP contribution is 2.46. The number of hydrogen-bond donors (Lipinski definition) is 0. The Balaban J connectivity index is 1.95. The topological polar surface area (TPSA) is 66.8 Å². The molecule has 1 aliphatic heterocycles. The van der Waals surface area contributed by atoms with Crippen LogP contribution in [0.1, 0.15) is 42.2 Å². The number of hydrogen-bond acceptors (Lipinski definition) is 5. The summed E-state index contributed by atoms with van der Waals surface area (Å²) in [6.07, 6.45) is 0.597. The van der Waals surface area contributed by atoms with Crippen molar-refractivity contribution in [2.45, 2.75) is 25.6 Å². The zero-order valence-corrected chi connectivity index (χ0v) is 18.9. The molecule has 0 spiro atoms. The Kier molecular flexibility index (Phi) is 6.35. The summed E-state index contributed by atoms with van der Waals surface area (Å²) >= 11 is 6.11. The van der Waals surface area contributed by atoms with Gasteiger partial charge in [0.2, 0.25) is 0 Å². The second-order valence-corrected chi connectivity index (χ2v) is 8.05. The third-order valence-electron chi connectivity index (χ3n) is 5.57. The molecule has 166 valence electrons. The number of ether oxygens (including phenoxy) is 3. The first kappa shape index (κ1) is 22.1. The van der Waals surface area contributed by atoms with Crippen molar-refractivity contribution in [3.05, 3.63) is 86.8 Å². The van der Waals surface area contributed by atoms with E-state index in [1.165, 1.54) is 10.6 Å². The van der Waals surface area contributed by atoms with E-state index < -0.39 is 12.2 Å². The molecule has 0 unspecified atom stereocenters. The molecule has 2 atom stereocenters. The summed E-state index contributed by atoms with van der Waals surface area (Å²) in [6, 6.07) is 14.7. The van der Waals surface area contributed by atoms with Gasteiger partial charge in [0, 0.05) is 29.9 Å². The van der Waals surface area contributed by atoms with Crippen LogP contribution in [-0.2, 0) is 21.3 Å². The van der Waals surface area contributed by atoms with Gasteiger partial charge in [-0.3, -0.25) is 9.59 Å². The minimum absolute atomic E-state index is 0.0107. The maximum Gasteiger partial charge on any atom is 0.308 e. The smallest absolute Gasteiger partial charge is 0.308 e. The van der Waals surface area contributed by atoms with Crippen molar-refractivity contribution in [2.24, 2.45) is 7.05 Å². The number of halogens is 1. The van der Waals surface area contributed by atoms with E-state index in [0.717, 1.165) is 22.3 Å². The molecule has 0 amide bonds. The Hall–Kier alpha value is -3.09. The summed E-state index contributed by atoms with van der Waals surface area (Å²) in [7, 11) is 3.31. The number of benzene rings is 2. The Labute approximate surface area is 191 Å². The largest absolute Gasteiger partial charge is 0.497 e. The number of nitrogens with zero attached hydrogens (tertiary/aromatic N) is 1. The van der Waals surface area contributed by atoms with Crippen LogP contribution >= 0.6 is 11.6 Å². The zero-order valence-electron chi connectivity index (χ0n) is 18.1. The van der Waals surface area contributed by atoms with Crippen molar-refractivity contribution < 1.29 is 19.0 Å². The molecule has 0 saturated carbocycles. The number of rotatable bonds is 5. The molecule has 0 N–H and O–H groups in total. The van der Waals surface area contributed by atoms with Crippen LogP contribution in [0.15, 0.2) is 59.5 Å². The van der Waals surface area contributed by atoms with Crippen LogP contribution in [0.5, 0.6) is 5.75 Å². The second kappa shape index (κ2) is 9.18. The third-order valence-corrected chi connectivity index (χ3v) is 5.82. The molecule has 2 aromatic carbocycles. The normalized spacial score (nSPS) is 17.1. The summed E-state index contributed by atoms with van der Waals surface area (Å²) in [4.78, 5) is 24.9. The first-order valence-corrected chi connectivity index (χ1v) is 10.7. The van der Waals surface area contributed by atoms with E-state index in [-0.39, 0.29) is 24.6 Å². The summed E-state index contributed by atoms with van der Waals surface area (Å²) in [6.45, 7) is 2.03. The van der Waals surface area contributed by atoms with Gasteiger partial charge in [0.25, 0.3) is 5.56 Å². The van der Waals surface area contributed by atoms with Crippen LogP contribution in [0.2, 0.25) is 5.02 Å². The SMILES string of the molecule is CCOC(=O)C[C@@H]1O[C@H](c2ccc(Cl)cc2)c2cc(OC)ccc2-c2cn(C)c(=O)cc21. The van der Waals surface area contributed by atoms with Gasteiger partial charge in [0.05, 0.1) is 26.2 Å². The molecule has 0 bridgehead atoms. The Morgan fingerprint density at radius 2 is 1.84 bits per heavy atom. The molecular weight excluding hydrogens is 430 g/mol. The van der Waals surface area contributed by atoms with Crippen molar-refractivity contribution in [2.75, 3.05) is 13.7 Å². The zero-order chi connectivity index (χ0) is 22.8. The van der Waals surface area contributed by atoms with Gasteiger partial charge in [-0.1, -0.05) is 29.8 Å². The van der Waals surface area contributed by atoms with E-state index in [9.17, 15) is 9.59 Å². The monoisotopic (exact) mass is 453 g/mol. The van der Waals surface area contributed by atoms with E-state index in [0.29, 0.717) is 16.3 Å². The van der Waals surface area contributed by atoms with Crippen LogP contribution in [0.4, 0.5) is 0 Å². The van der Waals surface area contributed by atoms with Crippen LogP contribution < -0.4 is 10.3 Å². The number of aryl methyl sites for hydroxylation is 1. The number of esters is 1. The maximum atomic E-state index is 12.5. The van der Waals surface area contributed by atoms with Gasteiger partial charge in [-0.2, -0.15) is 0 Å². The molecule has 3 aromatic rings. The van der Waals surface area contributed by atoms with E-state index in [1.807, 2.05) is 30.3 Å². The number of pyridine rings is 1. The first-order valence-electron chi connectivity index (χ1n) is 10.4. The molecule has 1 aromatic heterocycles. The van der Waals surface area contributed by atoms with Gasteiger partial charge in [-0.25, -0.2) is 0 Å². The average Bonchev–Trinajstić information content (AvgIpc) is 2.90. The molecule has 4 rings (SSSR count). The summed E-state index contributed by atoms with van der Waals surface area (Å²) < 4.78 is 18.7. The molecule has 6 nitrogen and oxygen atoms in total. The summed E-state index contributed by atoms with van der Waals surface area (Å²) in [5.74, 6) is 0.295. The fourth-order valence-corrected chi connectivity index (χ4v) is 4.13. The fraction of sp³-hybridized carbons (Fsp3) is 0.280. The fourth-order valence-electron chi connectivity index (χ4n) is 4.00. The number of aromatic nitrogens is 1. The molecule has 0 aliphatic carbocycles. The Morgan fingerprint density at radius 3 is 2.53 bits per heavy atom. The first-order chi connectivity index (χ1) is 15.4. The standard InChI is InChI=1S/C25H24ClNO5/c1-4-31-24(29)13-22-19-12-23(28)27(2)14-21(19)18-10-9-17(30-3)11-20(18)25(32-22)15-5-7-16(26)8-6-15/h5-12,14,22,25H,4,13H2,1-3H3/t22-,25+/m0/s1. The lowest BCUT2D eigenvalue weighted by molar-refractivity contribution is -0.147. The predicted molar refractivity (Wildman–Crippen MR) is 122 cm³/mol. The second-order valence-electron chi connectivity index (χ2n) is 7.61. The lowest BCUT2D eigenvalue weighted by atomic mass is 9.91. The molecule has 0 fully saturated rings. The highest BCUT2D eigenvalue weighted by Gasteiger charge is 2.33. The van der Waals surface area contributed by atoms with E-state index in [4.69, 9.17) is 25.8 Å². The minimum Gasteiger partial charge on any atom is -0.497 e. The molecule has 0 saturated heterocycles. The van der Waals surface area contributed by atoms with Gasteiger partial charge in [-0.05, 0) is 53.4 Å². The molecule has 0 radical (unpaired) electrons. The average molecular weight is 454 g/mol. The number of carbonyl (C=O) groups excluding carboxylic acids is 1. The lowest BCUT2D eigenvalue weighted by Crippen LogP contribution is -2.20. The van der Waals surface area contributed by atoms with Crippen LogP contribution in [0.3, 0.4) is 0 Å². The molecular formula is C25H24ClNO5. The van der Waals surface area contributed by atoms with Crippen molar-refractivity contribution in [3.63, 3.8) is 0 Å². The Bertz CT molecular complexity index is 1200. The van der Waals surface area contributed by atoms with Crippen molar-refractivity contribution in [1.29, 1.82) is 0 Å². The van der Waals surface area contributed by atoms with Crippen LogP contribution in [0.25, 0.3) is 11.1 Å². The minimum atomic E-state index is -0.669. The number of fused-ring (bicyclic) bond motifs is 3. The number of carbonyl (C=O) groups is 1. The van der Waals surface area contributed by atoms with E-state index in [2.05, 4.69) is 0 Å². The van der Waals surface area contributed by atoms with Gasteiger partial charge < -0.3 is 18.8 Å². The molecule has 1 aliphatic rings. The highest BCUT2D eigenvalue weighted by atomic mass is 35.5. The number of methoxy groups -OCH3 is 1. The van der Waals surface area contributed by atoms with E-state index in [1.54, 1.807) is 39.4 Å². The van der Waals surface area contributed by atoms with Crippen LogP contribution in [-0.4, -0.2) is 24.3 Å². The van der Waals surface area contributed by atoms with Crippen molar-refractivity contribution >= 4 is 17.6 Å². The summed E-state index contributed by atoms with van der Waals surface area (Å²) in [5.41, 5.74) is 3.96. The molecule has 7 heteroatoms. The third kappa shape index (κ3) is 4.29. The van der Waals surface area contributed by atoms with Gasteiger partial charge >= 0.3 is 5.97 Å². The quantitative estimate of drug-likeness (QED) is 0.518. The molecule has 32 heavy (non-hydrogen) atoms. The highest BCUT2D eigenvalue weighted by molar-refractivity contribution is 6.30. The van der Waals surface area contributed by atoms with Gasteiger partial charge in [0.1, 0.15) is 11.9 Å². The summed E-state index contributed by atoms with van der Waals surface area (Å²) in [5, 5.41) is 0.614. The molecule has 2 heterocycles. The lowest BCUT2D eigenvalue weighted by Gasteiger charge is -2.24. The maximum absolute atomic E-state index is 12.5. The Morgan fingerprint density at radius 1 is 1.09 bits per heavy atom. The van der Waals surface area contributed by atoms with E-state index >= 15 is 0 Å². The van der Waals surface area contributed by atoms with Crippen molar-refractivity contribution in [1.82, 2.24) is 4.57 Å². The van der Waals surface area contributed by atoms with Gasteiger partial charge in [-0.15, -0.1) is 0 Å².